The monoisotopic (exact) mass is 247 g/mol. The minimum atomic E-state index is -0.891. The fourth-order valence-electron chi connectivity index (χ4n) is 1.77. The van der Waals surface area contributed by atoms with Crippen molar-refractivity contribution in [3.05, 3.63) is 51.0 Å². The van der Waals surface area contributed by atoms with E-state index in [9.17, 15) is 4.79 Å². The lowest BCUT2D eigenvalue weighted by Crippen LogP contribution is -2.00. The fraction of sp³-hybridized carbons (Fsp3) is 0.231. The summed E-state index contributed by atoms with van der Waals surface area (Å²) in [5.74, 6) is -0.891. The molecule has 88 valence electrons. The molecule has 0 aliphatic carbocycles. The van der Waals surface area contributed by atoms with E-state index in [0.29, 0.717) is 17.0 Å². The maximum Gasteiger partial charge on any atom is 0.347 e. The smallest absolute Gasteiger partial charge is 0.347 e. The van der Waals surface area contributed by atoms with Gasteiger partial charge in [-0.15, -0.1) is 11.3 Å². The third-order valence-electron chi connectivity index (χ3n) is 2.45. The average molecular weight is 247 g/mol. The molecule has 2 rings (SSSR count). The number of aryl methyl sites for hydroxylation is 2. The van der Waals surface area contributed by atoms with E-state index in [-0.39, 0.29) is 0 Å². The highest BCUT2D eigenvalue weighted by Gasteiger charge is 2.15. The Morgan fingerprint density at radius 2 is 2.18 bits per heavy atom. The van der Waals surface area contributed by atoms with Gasteiger partial charge in [0, 0.05) is 6.42 Å². The van der Waals surface area contributed by atoms with E-state index in [1.165, 1.54) is 16.9 Å². The summed E-state index contributed by atoms with van der Waals surface area (Å²) >= 11 is 1.24. The molecule has 4 heteroatoms. The molecule has 0 spiro atoms. The Balaban J connectivity index is 2.32. The molecule has 1 heterocycles. The number of carboxylic acids is 1. The van der Waals surface area contributed by atoms with Crippen molar-refractivity contribution in [1.29, 1.82) is 0 Å². The van der Waals surface area contributed by atoms with Gasteiger partial charge in [0.1, 0.15) is 4.88 Å². The highest BCUT2D eigenvalue weighted by molar-refractivity contribution is 7.13. The van der Waals surface area contributed by atoms with Crippen LogP contribution in [0.15, 0.2) is 24.3 Å². The van der Waals surface area contributed by atoms with Crippen molar-refractivity contribution in [1.82, 2.24) is 4.98 Å². The summed E-state index contributed by atoms with van der Waals surface area (Å²) in [6.07, 6.45) is 0.577. The second-order valence-corrected chi connectivity index (χ2v) is 5.18. The van der Waals surface area contributed by atoms with E-state index in [1.807, 2.05) is 32.0 Å². The molecule has 0 aliphatic rings. The van der Waals surface area contributed by atoms with Crippen LogP contribution in [0.3, 0.4) is 0 Å². The van der Waals surface area contributed by atoms with Crippen LogP contribution in [-0.2, 0) is 6.42 Å². The van der Waals surface area contributed by atoms with Crippen LogP contribution in [0.1, 0.15) is 31.5 Å². The zero-order valence-corrected chi connectivity index (χ0v) is 10.5. The minimum absolute atomic E-state index is 0.351. The van der Waals surface area contributed by atoms with E-state index in [2.05, 4.69) is 11.1 Å². The van der Waals surface area contributed by atoms with Crippen LogP contribution in [0.25, 0.3) is 0 Å². The second-order valence-electron chi connectivity index (χ2n) is 3.98. The molecular weight excluding hydrogens is 234 g/mol. The largest absolute Gasteiger partial charge is 0.477 e. The van der Waals surface area contributed by atoms with Crippen molar-refractivity contribution < 1.29 is 9.90 Å². The zero-order chi connectivity index (χ0) is 12.4. The standard InChI is InChI=1S/C13H13NO2S/c1-8-4-3-5-10(6-8)7-11-12(13(15)16)17-9(2)14-11/h3-6H,7H2,1-2H3,(H,15,16). The van der Waals surface area contributed by atoms with Gasteiger partial charge in [-0.3, -0.25) is 0 Å². The van der Waals surface area contributed by atoms with Gasteiger partial charge in [-0.1, -0.05) is 29.8 Å². The molecule has 0 fully saturated rings. The molecule has 1 N–H and O–H groups in total. The summed E-state index contributed by atoms with van der Waals surface area (Å²) in [7, 11) is 0. The first kappa shape index (κ1) is 11.8. The SMILES string of the molecule is Cc1cccc(Cc2nc(C)sc2C(=O)O)c1. The molecule has 0 atom stereocenters. The number of aromatic carboxylic acids is 1. The van der Waals surface area contributed by atoms with Gasteiger partial charge in [-0.2, -0.15) is 0 Å². The highest BCUT2D eigenvalue weighted by Crippen LogP contribution is 2.21. The van der Waals surface area contributed by atoms with E-state index in [4.69, 9.17) is 5.11 Å². The molecule has 0 saturated carbocycles. The Hall–Kier alpha value is -1.68. The van der Waals surface area contributed by atoms with E-state index < -0.39 is 5.97 Å². The average Bonchev–Trinajstić information content (AvgIpc) is 2.59. The summed E-state index contributed by atoms with van der Waals surface area (Å²) in [6.45, 7) is 3.85. The quantitative estimate of drug-likeness (QED) is 0.906. The van der Waals surface area contributed by atoms with Crippen molar-refractivity contribution in [2.75, 3.05) is 0 Å². The van der Waals surface area contributed by atoms with Crippen molar-refractivity contribution in [2.24, 2.45) is 0 Å². The van der Waals surface area contributed by atoms with Crippen LogP contribution >= 0.6 is 11.3 Å². The van der Waals surface area contributed by atoms with Crippen LogP contribution in [-0.4, -0.2) is 16.1 Å². The number of carbonyl (C=O) groups is 1. The second kappa shape index (κ2) is 4.67. The van der Waals surface area contributed by atoms with E-state index >= 15 is 0 Å². The van der Waals surface area contributed by atoms with Crippen LogP contribution in [0.4, 0.5) is 0 Å². The third kappa shape index (κ3) is 2.71. The Morgan fingerprint density at radius 3 is 2.82 bits per heavy atom. The zero-order valence-electron chi connectivity index (χ0n) is 9.73. The number of rotatable bonds is 3. The highest BCUT2D eigenvalue weighted by atomic mass is 32.1. The normalized spacial score (nSPS) is 10.5. The molecule has 17 heavy (non-hydrogen) atoms. The van der Waals surface area contributed by atoms with Crippen molar-refractivity contribution in [3.8, 4) is 0 Å². The lowest BCUT2D eigenvalue weighted by molar-refractivity contribution is 0.0701. The number of hydrogen-bond acceptors (Lipinski definition) is 3. The fourth-order valence-corrected chi connectivity index (χ4v) is 2.55. The summed E-state index contributed by atoms with van der Waals surface area (Å²) in [6, 6.07) is 8.05. The van der Waals surface area contributed by atoms with Crippen molar-refractivity contribution >= 4 is 17.3 Å². The Kier molecular flexibility index (Phi) is 3.24. The van der Waals surface area contributed by atoms with E-state index in [0.717, 1.165) is 10.6 Å². The van der Waals surface area contributed by atoms with Gasteiger partial charge in [0.05, 0.1) is 10.7 Å². The molecule has 2 aromatic rings. The summed E-state index contributed by atoms with van der Waals surface area (Å²) in [5.41, 5.74) is 2.93. The topological polar surface area (TPSA) is 50.2 Å². The molecule has 1 aromatic heterocycles. The first-order chi connectivity index (χ1) is 8.06. The third-order valence-corrected chi connectivity index (χ3v) is 3.45. The summed E-state index contributed by atoms with van der Waals surface area (Å²) in [4.78, 5) is 15.7. The number of nitrogens with zero attached hydrogens (tertiary/aromatic N) is 1. The predicted octanol–water partition coefficient (Wildman–Crippen LogP) is 3.05. The Labute approximate surface area is 104 Å². The van der Waals surface area contributed by atoms with Gasteiger partial charge in [-0.05, 0) is 19.4 Å². The minimum Gasteiger partial charge on any atom is -0.477 e. The molecule has 1 aromatic carbocycles. The molecule has 0 saturated heterocycles. The summed E-state index contributed by atoms with van der Waals surface area (Å²) < 4.78 is 0. The van der Waals surface area contributed by atoms with Crippen molar-refractivity contribution in [3.63, 3.8) is 0 Å². The lowest BCUT2D eigenvalue weighted by atomic mass is 10.1. The van der Waals surface area contributed by atoms with Crippen LogP contribution in [0.2, 0.25) is 0 Å². The number of carboxylic acid groups (broad SMARTS) is 1. The van der Waals surface area contributed by atoms with Gasteiger partial charge in [0.2, 0.25) is 0 Å². The predicted molar refractivity (Wildman–Crippen MR) is 67.8 cm³/mol. The van der Waals surface area contributed by atoms with Crippen LogP contribution in [0.5, 0.6) is 0 Å². The van der Waals surface area contributed by atoms with Crippen LogP contribution < -0.4 is 0 Å². The first-order valence-electron chi connectivity index (χ1n) is 5.31. The summed E-state index contributed by atoms with van der Waals surface area (Å²) in [5, 5.41) is 9.88. The maximum atomic E-state index is 11.1. The Bertz CT molecular complexity index is 560. The van der Waals surface area contributed by atoms with Gasteiger partial charge < -0.3 is 5.11 Å². The number of thiazole rings is 1. The number of aromatic nitrogens is 1. The van der Waals surface area contributed by atoms with Gasteiger partial charge >= 0.3 is 5.97 Å². The van der Waals surface area contributed by atoms with Crippen molar-refractivity contribution in [2.45, 2.75) is 20.3 Å². The number of benzene rings is 1. The molecular formula is C13H13NO2S. The molecule has 0 amide bonds. The first-order valence-corrected chi connectivity index (χ1v) is 6.13. The molecule has 0 bridgehead atoms. The van der Waals surface area contributed by atoms with Gasteiger partial charge in [0.25, 0.3) is 0 Å². The Morgan fingerprint density at radius 1 is 1.41 bits per heavy atom. The lowest BCUT2D eigenvalue weighted by Gasteiger charge is -2.01. The van der Waals surface area contributed by atoms with Crippen LogP contribution in [0, 0.1) is 13.8 Å². The molecule has 3 nitrogen and oxygen atoms in total. The maximum absolute atomic E-state index is 11.1. The van der Waals surface area contributed by atoms with Gasteiger partial charge in [0.15, 0.2) is 0 Å². The number of hydrogen-bond donors (Lipinski definition) is 1. The van der Waals surface area contributed by atoms with Gasteiger partial charge in [-0.25, -0.2) is 9.78 Å². The molecule has 0 radical (unpaired) electrons. The molecule has 0 aliphatic heterocycles. The van der Waals surface area contributed by atoms with E-state index in [1.54, 1.807) is 0 Å². The molecule has 0 unspecified atom stereocenters.